The summed E-state index contributed by atoms with van der Waals surface area (Å²) in [5.41, 5.74) is 2.20. The summed E-state index contributed by atoms with van der Waals surface area (Å²) in [7, 11) is 2.30. The average Bonchev–Trinajstić information content (AvgIpc) is 2.39. The normalized spacial score (nSPS) is 29.7. The van der Waals surface area contributed by atoms with E-state index in [0.717, 1.165) is 29.4 Å². The van der Waals surface area contributed by atoms with Gasteiger partial charge in [-0.2, -0.15) is 0 Å². The third-order valence-corrected chi connectivity index (χ3v) is 5.14. The van der Waals surface area contributed by atoms with Gasteiger partial charge in [0.2, 0.25) is 5.95 Å². The first-order valence-corrected chi connectivity index (χ1v) is 8.37. The van der Waals surface area contributed by atoms with Gasteiger partial charge in [-0.05, 0) is 51.6 Å². The molecular formula is C17H28N4. The summed E-state index contributed by atoms with van der Waals surface area (Å²) in [4.78, 5) is 11.9. The molecule has 2 atom stereocenters. The number of hydrogen-bond acceptors (Lipinski definition) is 4. The summed E-state index contributed by atoms with van der Waals surface area (Å²) in [6, 6.07) is 4.10. The number of hydrogen-bond donors (Lipinski definition) is 1. The molecule has 1 N–H and O–H groups in total. The number of aryl methyl sites for hydroxylation is 1. The molecule has 1 aromatic rings. The second-order valence-electron chi connectivity index (χ2n) is 7.13. The van der Waals surface area contributed by atoms with E-state index in [9.17, 15) is 0 Å². The fourth-order valence-electron chi connectivity index (χ4n) is 3.87. The highest BCUT2D eigenvalue weighted by Crippen LogP contribution is 2.33. The number of nitrogens with zero attached hydrogens (tertiary/aromatic N) is 3. The number of fused-ring (bicyclic) bond motifs is 2. The minimum absolute atomic E-state index is 0.448. The third kappa shape index (κ3) is 3.20. The Bertz CT molecular complexity index is 486. The minimum atomic E-state index is 0.448. The summed E-state index contributed by atoms with van der Waals surface area (Å²) in [5, 5.41) is 3.62. The van der Waals surface area contributed by atoms with Crippen LogP contribution in [0.3, 0.4) is 0 Å². The third-order valence-electron chi connectivity index (χ3n) is 5.14. The number of aromatic nitrogens is 2. The molecule has 2 aliphatic heterocycles. The topological polar surface area (TPSA) is 41.1 Å². The van der Waals surface area contributed by atoms with Crippen LogP contribution in [-0.4, -0.2) is 40.0 Å². The first-order valence-electron chi connectivity index (χ1n) is 8.37. The summed E-state index contributed by atoms with van der Waals surface area (Å²) < 4.78 is 0. The lowest BCUT2D eigenvalue weighted by molar-refractivity contribution is 0.0607. The Morgan fingerprint density at radius 2 is 1.86 bits per heavy atom. The smallest absolute Gasteiger partial charge is 0.223 e. The van der Waals surface area contributed by atoms with Crippen molar-refractivity contribution in [2.45, 2.75) is 76.9 Å². The fraction of sp³-hybridized carbons (Fsp3) is 0.765. The van der Waals surface area contributed by atoms with Crippen molar-refractivity contribution in [3.63, 3.8) is 0 Å². The standard InChI is InChI=1S/C17H28N4/c1-11(2)16-8-12(3)18-17(20-16)19-13-9-14-6-5-7-15(10-13)21(14)4/h8,11,13-15H,5-7,9-10H2,1-4H3,(H,18,19,20). The van der Waals surface area contributed by atoms with Crippen molar-refractivity contribution in [1.82, 2.24) is 14.9 Å². The van der Waals surface area contributed by atoms with E-state index in [-0.39, 0.29) is 0 Å². The van der Waals surface area contributed by atoms with Crippen LogP contribution < -0.4 is 5.32 Å². The molecule has 2 saturated heterocycles. The quantitative estimate of drug-likeness (QED) is 0.926. The van der Waals surface area contributed by atoms with Crippen molar-refractivity contribution in [2.75, 3.05) is 12.4 Å². The highest BCUT2D eigenvalue weighted by Gasteiger charge is 2.36. The molecule has 3 rings (SSSR count). The molecule has 2 fully saturated rings. The van der Waals surface area contributed by atoms with Gasteiger partial charge in [0.05, 0.1) is 0 Å². The maximum Gasteiger partial charge on any atom is 0.223 e. The van der Waals surface area contributed by atoms with Gasteiger partial charge in [0.15, 0.2) is 0 Å². The lowest BCUT2D eigenvalue weighted by Crippen LogP contribution is -2.52. The predicted octanol–water partition coefficient (Wildman–Crippen LogP) is 3.34. The van der Waals surface area contributed by atoms with Crippen LogP contribution in [0.1, 0.15) is 63.3 Å². The first-order chi connectivity index (χ1) is 10.0. The number of rotatable bonds is 3. The minimum Gasteiger partial charge on any atom is -0.351 e. The molecule has 0 radical (unpaired) electrons. The van der Waals surface area contributed by atoms with E-state index < -0.39 is 0 Å². The van der Waals surface area contributed by atoms with Gasteiger partial charge in [-0.15, -0.1) is 0 Å². The molecule has 1 aromatic heterocycles. The monoisotopic (exact) mass is 288 g/mol. The Balaban J connectivity index is 1.72. The Hall–Kier alpha value is -1.16. The zero-order chi connectivity index (χ0) is 15.0. The molecule has 0 spiro atoms. The van der Waals surface area contributed by atoms with E-state index in [0.29, 0.717) is 12.0 Å². The van der Waals surface area contributed by atoms with Gasteiger partial charge in [0.25, 0.3) is 0 Å². The van der Waals surface area contributed by atoms with Crippen molar-refractivity contribution < 1.29 is 0 Å². The molecule has 116 valence electrons. The first kappa shape index (κ1) is 14.8. The van der Waals surface area contributed by atoms with Crippen LogP contribution in [0, 0.1) is 6.92 Å². The maximum absolute atomic E-state index is 4.70. The lowest BCUT2D eigenvalue weighted by atomic mass is 9.82. The maximum atomic E-state index is 4.70. The van der Waals surface area contributed by atoms with Crippen molar-refractivity contribution >= 4 is 5.95 Å². The van der Waals surface area contributed by atoms with Crippen LogP contribution in [-0.2, 0) is 0 Å². The second-order valence-corrected chi connectivity index (χ2v) is 7.13. The lowest BCUT2D eigenvalue weighted by Gasteiger charge is -2.47. The predicted molar refractivity (Wildman–Crippen MR) is 86.7 cm³/mol. The molecule has 3 heterocycles. The van der Waals surface area contributed by atoms with Gasteiger partial charge in [-0.1, -0.05) is 20.3 Å². The SMILES string of the molecule is Cc1cc(C(C)C)nc(NC2CC3CCCC(C2)N3C)n1. The molecule has 0 aromatic carbocycles. The summed E-state index contributed by atoms with van der Waals surface area (Å²) >= 11 is 0. The highest BCUT2D eigenvalue weighted by atomic mass is 15.2. The van der Waals surface area contributed by atoms with Gasteiger partial charge in [0, 0.05) is 29.5 Å². The molecule has 2 aliphatic rings. The molecule has 2 unspecified atom stereocenters. The second kappa shape index (κ2) is 5.91. The molecule has 4 heteroatoms. The van der Waals surface area contributed by atoms with Crippen molar-refractivity contribution in [3.05, 3.63) is 17.5 Å². The van der Waals surface area contributed by atoms with E-state index in [2.05, 4.69) is 49.1 Å². The van der Waals surface area contributed by atoms with Gasteiger partial charge < -0.3 is 10.2 Å². The van der Waals surface area contributed by atoms with E-state index >= 15 is 0 Å². The van der Waals surface area contributed by atoms with E-state index in [1.807, 2.05) is 0 Å². The van der Waals surface area contributed by atoms with Crippen LogP contribution in [0.5, 0.6) is 0 Å². The van der Waals surface area contributed by atoms with E-state index in [1.54, 1.807) is 0 Å². The van der Waals surface area contributed by atoms with Gasteiger partial charge in [-0.25, -0.2) is 9.97 Å². The van der Waals surface area contributed by atoms with E-state index in [4.69, 9.17) is 4.98 Å². The van der Waals surface area contributed by atoms with E-state index in [1.165, 1.54) is 32.1 Å². The fourth-order valence-corrected chi connectivity index (χ4v) is 3.87. The Kier molecular flexibility index (Phi) is 4.16. The van der Waals surface area contributed by atoms with Gasteiger partial charge >= 0.3 is 0 Å². The Morgan fingerprint density at radius 1 is 1.19 bits per heavy atom. The van der Waals surface area contributed by atoms with Gasteiger partial charge in [-0.3, -0.25) is 0 Å². The van der Waals surface area contributed by atoms with Crippen LogP contribution in [0.4, 0.5) is 5.95 Å². The highest BCUT2D eigenvalue weighted by molar-refractivity contribution is 5.31. The average molecular weight is 288 g/mol. The molecule has 21 heavy (non-hydrogen) atoms. The van der Waals surface area contributed by atoms with Crippen LogP contribution in [0.15, 0.2) is 6.07 Å². The number of nitrogens with one attached hydrogen (secondary N) is 1. The molecule has 2 bridgehead atoms. The van der Waals surface area contributed by atoms with Crippen molar-refractivity contribution in [1.29, 1.82) is 0 Å². The molecule has 0 saturated carbocycles. The largest absolute Gasteiger partial charge is 0.351 e. The number of anilines is 1. The zero-order valence-electron chi connectivity index (χ0n) is 13.8. The van der Waals surface area contributed by atoms with Crippen molar-refractivity contribution in [3.8, 4) is 0 Å². The Morgan fingerprint density at radius 3 is 2.48 bits per heavy atom. The van der Waals surface area contributed by atoms with Gasteiger partial charge in [0.1, 0.15) is 0 Å². The molecule has 0 amide bonds. The molecule has 0 aliphatic carbocycles. The van der Waals surface area contributed by atoms with Crippen LogP contribution in [0.2, 0.25) is 0 Å². The zero-order valence-corrected chi connectivity index (χ0v) is 13.8. The summed E-state index contributed by atoms with van der Waals surface area (Å²) in [5.74, 6) is 1.27. The molecular weight excluding hydrogens is 260 g/mol. The molecule has 4 nitrogen and oxygen atoms in total. The van der Waals surface area contributed by atoms with Crippen LogP contribution >= 0.6 is 0 Å². The van der Waals surface area contributed by atoms with Crippen LogP contribution in [0.25, 0.3) is 0 Å². The number of piperidine rings is 2. The summed E-state index contributed by atoms with van der Waals surface area (Å²) in [6.07, 6.45) is 6.53. The van der Waals surface area contributed by atoms with Crippen molar-refractivity contribution in [2.24, 2.45) is 0 Å². The Labute approximate surface area is 128 Å². The summed E-state index contributed by atoms with van der Waals surface area (Å²) in [6.45, 7) is 6.43.